The molecule has 12 rings (SSSR count). The Morgan fingerprint density at radius 1 is 0.612 bits per heavy atom. The summed E-state index contributed by atoms with van der Waals surface area (Å²) in [6.07, 6.45) is -1.86. The quantitative estimate of drug-likeness (QED) is 0.0904. The summed E-state index contributed by atoms with van der Waals surface area (Å²) in [5, 5.41) is 24.7. The van der Waals surface area contributed by atoms with E-state index in [1.165, 1.54) is 19.6 Å². The molecule has 7 saturated heterocycles. The molecule has 7 heterocycles. The molecule has 0 bridgehead atoms. The summed E-state index contributed by atoms with van der Waals surface area (Å²) in [6.45, 7) is 19.2. The summed E-state index contributed by atoms with van der Waals surface area (Å²) in [4.78, 5) is 25.0. The van der Waals surface area contributed by atoms with Gasteiger partial charge in [-0.1, -0.05) is 25.5 Å². The van der Waals surface area contributed by atoms with Crippen LogP contribution in [-0.2, 0) is 114 Å². The highest BCUT2D eigenvalue weighted by molar-refractivity contribution is 5.98. The first kappa shape index (κ1) is 75.2. The molecule has 5 aliphatic carbocycles. The summed E-state index contributed by atoms with van der Waals surface area (Å²) >= 11 is 0. The predicted octanol–water partition coefficient (Wildman–Crippen LogP) is 7.15. The van der Waals surface area contributed by atoms with Crippen LogP contribution >= 0.6 is 0 Å². The number of rotatable bonds is 20. The second kappa shape index (κ2) is 30.9. The van der Waals surface area contributed by atoms with E-state index in [1.54, 1.807) is 41.6 Å². The monoisotopic (exact) mass is 1390 g/mol. The van der Waals surface area contributed by atoms with Gasteiger partial charge in [-0.2, -0.15) is 0 Å². The van der Waals surface area contributed by atoms with Crippen LogP contribution in [0, 0.1) is 28.6 Å². The number of methoxy groups -OCH3 is 6. The summed E-state index contributed by atoms with van der Waals surface area (Å²) in [5.41, 5.74) is 0.0387. The first-order chi connectivity index (χ1) is 46.8. The molecule has 0 aromatic heterocycles. The number of fused-ring (bicyclic) bond motifs is 6. The number of ketones is 1. The van der Waals surface area contributed by atoms with E-state index < -0.39 is 171 Å². The van der Waals surface area contributed by atoms with Crippen LogP contribution in [-0.4, -0.2) is 249 Å². The number of aliphatic hydroxyl groups is 2. The van der Waals surface area contributed by atoms with Gasteiger partial charge >= 0.3 is 5.97 Å². The fourth-order valence-electron chi connectivity index (χ4n) is 19.5. The maximum absolute atomic E-state index is 13.3. The number of aliphatic hydroxyl groups excluding tert-OH is 1. The Hall–Kier alpha value is -2.46. The predicted molar refractivity (Wildman–Crippen MR) is 344 cm³/mol. The number of carbonyl (C=O) groups excluding carboxylic acids is 2. The van der Waals surface area contributed by atoms with Gasteiger partial charge in [0.15, 0.2) is 50.1 Å². The molecule has 10 fully saturated rings. The third-order valence-corrected chi connectivity index (χ3v) is 24.9. The molecule has 26 nitrogen and oxygen atoms in total. The van der Waals surface area contributed by atoms with Crippen LogP contribution in [0.15, 0.2) is 23.5 Å². The van der Waals surface area contributed by atoms with Crippen molar-refractivity contribution in [1.82, 2.24) is 0 Å². The average Bonchev–Trinajstić information content (AvgIpc) is 1.44. The lowest BCUT2D eigenvalue weighted by atomic mass is 9.46. The Morgan fingerprint density at radius 3 is 1.77 bits per heavy atom. The molecule has 1 spiro atoms. The van der Waals surface area contributed by atoms with Crippen molar-refractivity contribution in [3.05, 3.63) is 23.5 Å². The smallest absolute Gasteiger partial charge is 0.303 e. The molecule has 0 radical (unpaired) electrons. The first-order valence-corrected chi connectivity index (χ1v) is 36.3. The minimum atomic E-state index is -1.55. The van der Waals surface area contributed by atoms with Crippen molar-refractivity contribution in [2.24, 2.45) is 28.6 Å². The number of allylic oxidation sites excluding steroid dienone is 1. The molecule has 558 valence electrons. The van der Waals surface area contributed by atoms with Crippen LogP contribution in [0.2, 0.25) is 0 Å². The number of hydrogen-bond acceptors (Lipinski definition) is 26. The number of Topliss-reactive ketones (excluding diaryl/α,β-unsaturated/α-hetero) is 1. The number of ether oxygens (including phenoxy) is 22. The molecule has 34 atom stereocenters. The Bertz CT molecular complexity index is 2750. The fourth-order valence-corrected chi connectivity index (χ4v) is 19.5. The van der Waals surface area contributed by atoms with Crippen LogP contribution in [0.1, 0.15) is 166 Å². The van der Waals surface area contributed by atoms with Gasteiger partial charge in [0.2, 0.25) is 5.78 Å². The van der Waals surface area contributed by atoms with Gasteiger partial charge in [-0.3, -0.25) is 9.59 Å². The highest BCUT2D eigenvalue weighted by Gasteiger charge is 2.66. The van der Waals surface area contributed by atoms with Gasteiger partial charge in [0, 0.05) is 86.4 Å². The first-order valence-electron chi connectivity index (χ1n) is 36.3. The van der Waals surface area contributed by atoms with Crippen molar-refractivity contribution in [3.63, 3.8) is 0 Å². The van der Waals surface area contributed by atoms with Crippen molar-refractivity contribution in [2.75, 3.05) is 49.5 Å². The van der Waals surface area contributed by atoms with Gasteiger partial charge in [0.1, 0.15) is 42.7 Å². The molecule has 3 saturated carbocycles. The zero-order chi connectivity index (χ0) is 69.9. The van der Waals surface area contributed by atoms with Crippen LogP contribution in [0.3, 0.4) is 0 Å². The Kier molecular flexibility index (Phi) is 23.7. The molecule has 12 aliphatic rings. The van der Waals surface area contributed by atoms with E-state index in [2.05, 4.69) is 19.9 Å². The van der Waals surface area contributed by atoms with Gasteiger partial charge in [-0.15, -0.1) is 0 Å². The normalized spacial score (nSPS) is 50.2. The van der Waals surface area contributed by atoms with Crippen molar-refractivity contribution in [3.8, 4) is 0 Å². The third-order valence-electron chi connectivity index (χ3n) is 24.9. The summed E-state index contributed by atoms with van der Waals surface area (Å²) < 4.78 is 138. The van der Waals surface area contributed by atoms with Crippen LogP contribution in [0.4, 0.5) is 0 Å². The van der Waals surface area contributed by atoms with Crippen molar-refractivity contribution >= 4 is 11.8 Å². The number of esters is 1. The molecule has 0 aromatic carbocycles. The lowest BCUT2D eigenvalue weighted by Gasteiger charge is -2.59. The molecule has 2 unspecified atom stereocenters. The standard InChI is InChI=1S/C72H114O26/c1-35-63(93-59-30-53(80-14)66(38(4)87-59)95-60-29-52(79-13)64(36(2)86-60)91-42(8)73)49(74)28-57(85-35)94-65-37(3)88-61(31-54(65)81-15)96-67-40(6)97-72(33-56(67)82-16)84-34-83-55-32-58(89-39(5)68(55)98-72)90-41(7)71(76)24-21-48-46-18-17-43-25-44(19-22-69(43,9)47(46)20-23-70(48,71)10)92-51-27-45(77-11)26-50(78-12)62(51)75/h17,26,35-41,44-49,51-61,63-68,74,76H,18-25,27-34H2,1-16H3/t35-,36-,37-,38-,39-,40-,41+,44+,45?,46-,47+,48+,49-,51?,52+,53+,54+,55-,56-,57+,58+,59+,60+,61+,63-,64-,65-,66-,67-,68-,69+,70+,71+,72+/m1/s1. The van der Waals surface area contributed by atoms with Crippen molar-refractivity contribution in [2.45, 2.75) is 343 Å². The van der Waals surface area contributed by atoms with E-state index in [-0.39, 0.29) is 48.5 Å². The number of carbonyl (C=O) groups is 2. The van der Waals surface area contributed by atoms with Crippen molar-refractivity contribution in [1.29, 1.82) is 0 Å². The molecular weight excluding hydrogens is 1280 g/mol. The second-order valence-corrected chi connectivity index (χ2v) is 30.5. The van der Waals surface area contributed by atoms with Gasteiger partial charge in [-0.25, -0.2) is 0 Å². The molecule has 2 N–H and O–H groups in total. The lowest BCUT2D eigenvalue weighted by Crippen LogP contribution is -2.62. The highest BCUT2D eigenvalue weighted by Crippen LogP contribution is 2.68. The van der Waals surface area contributed by atoms with Crippen LogP contribution in [0.5, 0.6) is 0 Å². The van der Waals surface area contributed by atoms with E-state index in [0.717, 1.165) is 44.9 Å². The van der Waals surface area contributed by atoms with E-state index in [0.29, 0.717) is 62.0 Å². The summed E-state index contributed by atoms with van der Waals surface area (Å²) in [7, 11) is 9.57. The largest absolute Gasteiger partial charge is 0.493 e. The molecule has 7 aliphatic heterocycles. The molecule has 98 heavy (non-hydrogen) atoms. The van der Waals surface area contributed by atoms with E-state index >= 15 is 0 Å². The van der Waals surface area contributed by atoms with Gasteiger partial charge in [0.25, 0.3) is 5.97 Å². The molecule has 26 heteroatoms. The Balaban J connectivity index is 0.598. The third kappa shape index (κ3) is 14.9. The SMILES string of the molecule is COC1=CC(OC)CC(O[C@H]2CC[C@@]3(C)C(=CC[C@@H]4[C@@H]3CC[C@@]3(C)[C@H]4CC[C@]3(O)[C@H](C)O[C@H]3C[C@H]4OCO[C@]5(C[C@@H](OC)[C@H](O[C@H]6C[C@H](OC)[C@H](O[C@H]7C[C@@H](O)[C@H](O[C@H]8C[C@H](OC)[C@H](O[C@H]9C[C@H](OC)[C@H](OC(C)=O)[C@@H](C)O9)[C@@H](C)O8)[C@@H](C)O7)[C@@H](C)O6)[C@@H](C)O5)O[C@@H]4[C@@H](C)O3)C2)C1=O. The second-order valence-electron chi connectivity index (χ2n) is 30.5. The molecular formula is C72H114O26. The van der Waals surface area contributed by atoms with Crippen LogP contribution in [0.25, 0.3) is 0 Å². The number of hydrogen-bond donors (Lipinski definition) is 2. The lowest BCUT2D eigenvalue weighted by molar-refractivity contribution is -0.447. The maximum atomic E-state index is 13.3. The summed E-state index contributed by atoms with van der Waals surface area (Å²) in [5.74, 6) is -0.524. The van der Waals surface area contributed by atoms with Crippen LogP contribution < -0.4 is 0 Å². The van der Waals surface area contributed by atoms with Gasteiger partial charge in [0.05, 0.1) is 105 Å². The maximum Gasteiger partial charge on any atom is 0.303 e. The average molecular weight is 1400 g/mol. The Labute approximate surface area is 578 Å². The zero-order valence-electron chi connectivity index (χ0n) is 60.5. The van der Waals surface area contributed by atoms with Crippen molar-refractivity contribution < 1.29 is 124 Å². The van der Waals surface area contributed by atoms with Gasteiger partial charge < -0.3 is 114 Å². The molecule has 0 amide bonds. The molecule has 0 aromatic rings. The highest BCUT2D eigenvalue weighted by atomic mass is 16.9. The summed E-state index contributed by atoms with van der Waals surface area (Å²) in [6, 6.07) is 0. The van der Waals surface area contributed by atoms with E-state index in [1.807, 2.05) is 48.5 Å². The Morgan fingerprint density at radius 2 is 1.17 bits per heavy atom. The minimum absolute atomic E-state index is 0.0304. The van der Waals surface area contributed by atoms with E-state index in [9.17, 15) is 19.8 Å². The fraction of sp³-hybridized carbons (Fsp3) is 0.917. The van der Waals surface area contributed by atoms with E-state index in [4.69, 9.17) is 104 Å². The van der Waals surface area contributed by atoms with Gasteiger partial charge in [-0.05, 0) is 129 Å². The minimum Gasteiger partial charge on any atom is -0.493 e. The zero-order valence-corrected chi connectivity index (χ0v) is 60.5. The topological polar surface area (TPSA) is 278 Å².